The summed E-state index contributed by atoms with van der Waals surface area (Å²) in [5.74, 6) is -0.000388. The van der Waals surface area contributed by atoms with Crippen molar-refractivity contribution in [1.29, 1.82) is 0 Å². The predicted octanol–water partition coefficient (Wildman–Crippen LogP) is -3.72. The molecule has 0 amide bonds. The van der Waals surface area contributed by atoms with Gasteiger partial charge in [-0.2, -0.15) is 0 Å². The van der Waals surface area contributed by atoms with Gasteiger partial charge in [-0.15, -0.1) is 0 Å². The van der Waals surface area contributed by atoms with E-state index >= 15 is 0 Å². The maximum absolute atomic E-state index is 11.3. The van der Waals surface area contributed by atoms with Crippen LogP contribution in [0.3, 0.4) is 0 Å². The zero-order valence-electron chi connectivity index (χ0n) is 13.3. The van der Waals surface area contributed by atoms with E-state index in [-0.39, 0.29) is 5.75 Å². The Balaban J connectivity index is 2.06. The fourth-order valence-electron chi connectivity index (χ4n) is 2.77. The number of aliphatic hydroxyl groups is 5. The van der Waals surface area contributed by atoms with Crippen LogP contribution in [0.1, 0.15) is 0 Å². The highest BCUT2D eigenvalue weighted by atomic mass is 32.2. The molecule has 11 heteroatoms. The summed E-state index contributed by atoms with van der Waals surface area (Å²) >= 11 is 0. The van der Waals surface area contributed by atoms with Gasteiger partial charge in [0, 0.05) is 24.2 Å². The largest absolute Gasteiger partial charge is 0.394 e. The Morgan fingerprint density at radius 2 is 1.54 bits per heavy atom. The fraction of sp³-hybridized carbons (Fsp3) is 1.00. The number of aliphatic hydroxyl groups excluding tert-OH is 5. The second kappa shape index (κ2) is 8.45. The van der Waals surface area contributed by atoms with Gasteiger partial charge in [-0.3, -0.25) is 4.21 Å². The molecule has 2 aliphatic heterocycles. The fourth-order valence-corrected chi connectivity index (χ4v) is 3.50. The van der Waals surface area contributed by atoms with Gasteiger partial charge >= 0.3 is 0 Å². The molecule has 2 rings (SSSR count). The predicted molar refractivity (Wildman–Crippen MR) is 79.3 cm³/mol. The summed E-state index contributed by atoms with van der Waals surface area (Å²) < 4.78 is 32.2. The molecule has 0 aromatic carbocycles. The SMILES string of the molecule is CO[C@H]1OC(CO)[C@@H](O[C@H]2O[C@H](CS(C)=O)C(O)[C@@H]2O)[C@H](O)C1O. The summed E-state index contributed by atoms with van der Waals surface area (Å²) in [4.78, 5) is 0. The third kappa shape index (κ3) is 4.12. The Labute approximate surface area is 141 Å². The molecule has 2 fully saturated rings. The van der Waals surface area contributed by atoms with Crippen molar-refractivity contribution in [1.82, 2.24) is 0 Å². The van der Waals surface area contributed by atoms with Crippen molar-refractivity contribution >= 4 is 10.8 Å². The van der Waals surface area contributed by atoms with Gasteiger partial charge in [-0.05, 0) is 0 Å². The van der Waals surface area contributed by atoms with E-state index in [4.69, 9.17) is 18.9 Å². The average Bonchev–Trinajstić information content (AvgIpc) is 2.79. The first-order valence-corrected chi connectivity index (χ1v) is 9.15. The van der Waals surface area contributed by atoms with Crippen LogP contribution in [0.4, 0.5) is 0 Å². The molecule has 24 heavy (non-hydrogen) atoms. The van der Waals surface area contributed by atoms with Crippen molar-refractivity contribution in [2.45, 2.75) is 55.3 Å². The molecule has 0 bridgehead atoms. The van der Waals surface area contributed by atoms with E-state index in [9.17, 15) is 29.7 Å². The van der Waals surface area contributed by atoms with Crippen LogP contribution in [-0.4, -0.2) is 111 Å². The highest BCUT2D eigenvalue weighted by Crippen LogP contribution is 2.29. The second-order valence-corrected chi connectivity index (χ2v) is 7.29. The zero-order chi connectivity index (χ0) is 18.0. The van der Waals surface area contributed by atoms with Crippen LogP contribution in [0, 0.1) is 0 Å². The first kappa shape index (κ1) is 20.1. The number of ether oxygens (including phenoxy) is 4. The van der Waals surface area contributed by atoms with Crippen molar-refractivity contribution in [3.8, 4) is 0 Å². The van der Waals surface area contributed by atoms with Gasteiger partial charge < -0.3 is 44.5 Å². The molecule has 0 aliphatic carbocycles. The molecule has 0 saturated carbocycles. The van der Waals surface area contributed by atoms with Crippen molar-refractivity contribution in [3.63, 3.8) is 0 Å². The van der Waals surface area contributed by atoms with Crippen LogP contribution >= 0.6 is 0 Å². The maximum atomic E-state index is 11.3. The Hall–Kier alpha value is -0.210. The van der Waals surface area contributed by atoms with E-state index in [2.05, 4.69) is 0 Å². The summed E-state index contributed by atoms with van der Waals surface area (Å²) in [6.45, 7) is -0.540. The molecule has 10 nitrogen and oxygen atoms in total. The molecule has 0 radical (unpaired) electrons. The lowest BCUT2D eigenvalue weighted by molar-refractivity contribution is -0.325. The number of hydrogen-bond acceptors (Lipinski definition) is 10. The Morgan fingerprint density at radius 1 is 0.958 bits per heavy atom. The minimum Gasteiger partial charge on any atom is -0.394 e. The van der Waals surface area contributed by atoms with Gasteiger partial charge in [-0.1, -0.05) is 0 Å². The quantitative estimate of drug-likeness (QED) is 0.314. The van der Waals surface area contributed by atoms with E-state index in [0.717, 1.165) is 0 Å². The van der Waals surface area contributed by atoms with E-state index in [1.165, 1.54) is 13.4 Å². The van der Waals surface area contributed by atoms with E-state index < -0.39 is 72.7 Å². The van der Waals surface area contributed by atoms with Crippen LogP contribution in [-0.2, 0) is 29.7 Å². The molecule has 2 saturated heterocycles. The van der Waals surface area contributed by atoms with Crippen molar-refractivity contribution in [2.75, 3.05) is 25.7 Å². The highest BCUT2D eigenvalue weighted by Gasteiger charge is 2.50. The monoisotopic (exact) mass is 372 g/mol. The topological polar surface area (TPSA) is 155 Å². The molecule has 2 aliphatic rings. The Bertz CT molecular complexity index is 435. The zero-order valence-corrected chi connectivity index (χ0v) is 14.1. The molecule has 2 heterocycles. The van der Waals surface area contributed by atoms with Gasteiger partial charge in [0.2, 0.25) is 0 Å². The minimum atomic E-state index is -1.48. The highest BCUT2D eigenvalue weighted by molar-refractivity contribution is 7.84. The average molecular weight is 372 g/mol. The van der Waals surface area contributed by atoms with Gasteiger partial charge in [0.1, 0.15) is 42.7 Å². The number of hydrogen-bond donors (Lipinski definition) is 5. The second-order valence-electron chi connectivity index (χ2n) is 5.81. The van der Waals surface area contributed by atoms with Gasteiger partial charge in [0.25, 0.3) is 0 Å². The lowest BCUT2D eigenvalue weighted by atomic mass is 9.99. The molecular formula is C13H24O10S. The van der Waals surface area contributed by atoms with Gasteiger partial charge in [0.15, 0.2) is 12.6 Å². The molecule has 0 aromatic rings. The van der Waals surface area contributed by atoms with Gasteiger partial charge in [-0.25, -0.2) is 0 Å². The smallest absolute Gasteiger partial charge is 0.187 e. The summed E-state index contributed by atoms with van der Waals surface area (Å²) in [5.41, 5.74) is 0. The first-order valence-electron chi connectivity index (χ1n) is 7.42. The third-order valence-electron chi connectivity index (χ3n) is 4.06. The maximum Gasteiger partial charge on any atom is 0.187 e. The van der Waals surface area contributed by atoms with E-state index in [1.54, 1.807) is 0 Å². The molecule has 5 N–H and O–H groups in total. The molecular weight excluding hydrogens is 348 g/mol. The standard InChI is InChI=1S/C13H24O10S/c1-20-12-10(18)8(16)11(5(3-14)21-12)23-13-9(17)7(15)6(22-13)4-24(2)19/h5-18H,3-4H2,1-2H3/t5?,6-,7?,8-,9+,10?,11-,12+,13-,24?/m1/s1. The van der Waals surface area contributed by atoms with Crippen molar-refractivity contribution in [3.05, 3.63) is 0 Å². The van der Waals surface area contributed by atoms with Crippen LogP contribution in [0.2, 0.25) is 0 Å². The normalized spacial score (nSPS) is 47.7. The summed E-state index contributed by atoms with van der Waals surface area (Å²) in [6, 6.07) is 0. The Kier molecular flexibility index (Phi) is 7.08. The summed E-state index contributed by atoms with van der Waals surface area (Å²) in [6.07, 6.45) is -9.90. The lowest BCUT2D eigenvalue weighted by Gasteiger charge is -2.42. The van der Waals surface area contributed by atoms with Crippen molar-refractivity contribution < 1.29 is 48.7 Å². The number of rotatable bonds is 6. The van der Waals surface area contributed by atoms with Crippen molar-refractivity contribution in [2.24, 2.45) is 0 Å². The van der Waals surface area contributed by atoms with Crippen LogP contribution < -0.4 is 0 Å². The molecule has 4 unspecified atom stereocenters. The lowest BCUT2D eigenvalue weighted by Crippen LogP contribution is -2.61. The summed E-state index contributed by atoms with van der Waals surface area (Å²) in [5, 5.41) is 49.4. The third-order valence-corrected chi connectivity index (χ3v) is 4.86. The van der Waals surface area contributed by atoms with E-state index in [1.807, 2.05) is 0 Å². The molecule has 142 valence electrons. The molecule has 0 spiro atoms. The van der Waals surface area contributed by atoms with Crippen LogP contribution in [0.15, 0.2) is 0 Å². The van der Waals surface area contributed by atoms with Gasteiger partial charge in [0.05, 0.1) is 12.4 Å². The molecule has 10 atom stereocenters. The van der Waals surface area contributed by atoms with Crippen LogP contribution in [0.25, 0.3) is 0 Å². The number of methoxy groups -OCH3 is 1. The first-order chi connectivity index (χ1) is 11.3. The van der Waals surface area contributed by atoms with Crippen LogP contribution in [0.5, 0.6) is 0 Å². The molecule has 0 aromatic heterocycles. The summed E-state index contributed by atoms with van der Waals surface area (Å²) in [7, 11) is 0.00744. The Morgan fingerprint density at radius 3 is 2.08 bits per heavy atom. The van der Waals surface area contributed by atoms with E-state index in [0.29, 0.717) is 0 Å². The minimum absolute atomic E-state index is 0.000388.